The molecule has 0 unspecified atom stereocenters. The summed E-state index contributed by atoms with van der Waals surface area (Å²) in [5.74, 6) is -0.00296. The van der Waals surface area contributed by atoms with Crippen LogP contribution in [-0.4, -0.2) is 15.2 Å². The summed E-state index contributed by atoms with van der Waals surface area (Å²) in [7, 11) is 0. The third kappa shape index (κ3) is 2.54. The van der Waals surface area contributed by atoms with E-state index in [9.17, 15) is 14.6 Å². The predicted octanol–water partition coefficient (Wildman–Crippen LogP) is 5.54. The zero-order chi connectivity index (χ0) is 19.3. The van der Waals surface area contributed by atoms with Gasteiger partial charge in [0.1, 0.15) is 17.3 Å². The molecule has 0 saturated heterocycles. The van der Waals surface area contributed by atoms with E-state index in [4.69, 9.17) is 4.98 Å². The van der Waals surface area contributed by atoms with E-state index in [1.54, 1.807) is 30.3 Å². The number of phenols is 2. The number of phenolic OH excluding ortho intramolecular Hbond substituents is 2. The molecule has 136 valence electrons. The number of fused-ring (bicyclic) bond motifs is 3. The van der Waals surface area contributed by atoms with Crippen molar-refractivity contribution >= 4 is 0 Å². The molecule has 1 heterocycles. The molecule has 3 aromatic carbocycles. The van der Waals surface area contributed by atoms with Crippen LogP contribution in [0.4, 0.5) is 4.39 Å². The number of pyridine rings is 1. The van der Waals surface area contributed by atoms with Crippen LogP contribution in [0, 0.1) is 5.82 Å². The SMILES string of the molecule is Oc1ccccc1-c1cc(-c2cccc(F)c2)nc2c1Cc1cccc(O)c1-2. The van der Waals surface area contributed by atoms with Crippen LogP contribution < -0.4 is 0 Å². The molecular weight excluding hydrogens is 353 g/mol. The lowest BCUT2D eigenvalue weighted by molar-refractivity contribution is 0.476. The van der Waals surface area contributed by atoms with Crippen LogP contribution in [0.5, 0.6) is 11.5 Å². The molecule has 0 atom stereocenters. The van der Waals surface area contributed by atoms with Gasteiger partial charge >= 0.3 is 0 Å². The van der Waals surface area contributed by atoms with E-state index in [1.807, 2.05) is 30.3 Å². The van der Waals surface area contributed by atoms with Gasteiger partial charge < -0.3 is 10.2 Å². The molecule has 0 saturated carbocycles. The van der Waals surface area contributed by atoms with Crippen molar-refractivity contribution < 1.29 is 14.6 Å². The number of para-hydroxylation sites is 1. The zero-order valence-corrected chi connectivity index (χ0v) is 14.9. The third-order valence-electron chi connectivity index (χ3n) is 5.17. The molecule has 4 heteroatoms. The van der Waals surface area contributed by atoms with Gasteiger partial charge in [-0.1, -0.05) is 42.5 Å². The van der Waals surface area contributed by atoms with Crippen molar-refractivity contribution in [1.82, 2.24) is 4.98 Å². The Kier molecular flexibility index (Phi) is 3.66. The molecule has 28 heavy (non-hydrogen) atoms. The first-order chi connectivity index (χ1) is 13.6. The fourth-order valence-electron chi connectivity index (χ4n) is 3.89. The highest BCUT2D eigenvalue weighted by molar-refractivity contribution is 5.89. The largest absolute Gasteiger partial charge is 0.507 e. The lowest BCUT2D eigenvalue weighted by atomic mass is 9.95. The monoisotopic (exact) mass is 369 g/mol. The highest BCUT2D eigenvalue weighted by Gasteiger charge is 2.27. The van der Waals surface area contributed by atoms with Gasteiger partial charge in [0, 0.05) is 23.1 Å². The average molecular weight is 369 g/mol. The Morgan fingerprint density at radius 1 is 0.786 bits per heavy atom. The number of aromatic nitrogens is 1. The highest BCUT2D eigenvalue weighted by atomic mass is 19.1. The molecule has 1 aliphatic carbocycles. The first-order valence-corrected chi connectivity index (χ1v) is 9.01. The molecule has 0 amide bonds. The van der Waals surface area contributed by atoms with E-state index < -0.39 is 0 Å². The van der Waals surface area contributed by atoms with Crippen LogP contribution in [-0.2, 0) is 6.42 Å². The Balaban J connectivity index is 1.83. The third-order valence-corrected chi connectivity index (χ3v) is 5.17. The van der Waals surface area contributed by atoms with Crippen molar-refractivity contribution in [1.29, 1.82) is 0 Å². The van der Waals surface area contributed by atoms with Crippen LogP contribution in [0.15, 0.2) is 72.8 Å². The summed E-state index contributed by atoms with van der Waals surface area (Å²) in [6.45, 7) is 0. The molecule has 0 spiro atoms. The Labute approximate surface area is 161 Å². The number of hydrogen-bond acceptors (Lipinski definition) is 3. The molecule has 0 bridgehead atoms. The lowest BCUT2D eigenvalue weighted by Crippen LogP contribution is -1.95. The number of benzene rings is 3. The number of hydrogen-bond donors (Lipinski definition) is 2. The summed E-state index contributed by atoms with van der Waals surface area (Å²) in [4.78, 5) is 4.77. The van der Waals surface area contributed by atoms with E-state index in [-0.39, 0.29) is 17.3 Å². The molecule has 4 aromatic rings. The first-order valence-electron chi connectivity index (χ1n) is 9.01. The summed E-state index contributed by atoms with van der Waals surface area (Å²) in [5.41, 5.74) is 6.05. The van der Waals surface area contributed by atoms with Crippen LogP contribution in [0.2, 0.25) is 0 Å². The second-order valence-electron chi connectivity index (χ2n) is 6.90. The van der Waals surface area contributed by atoms with Gasteiger partial charge in [-0.25, -0.2) is 9.37 Å². The van der Waals surface area contributed by atoms with Gasteiger partial charge in [-0.15, -0.1) is 0 Å². The van der Waals surface area contributed by atoms with Crippen LogP contribution in [0.25, 0.3) is 33.6 Å². The average Bonchev–Trinajstić information content (AvgIpc) is 3.08. The molecule has 1 aliphatic rings. The quantitative estimate of drug-likeness (QED) is 0.430. The van der Waals surface area contributed by atoms with Crippen molar-refractivity contribution in [2.45, 2.75) is 6.42 Å². The van der Waals surface area contributed by atoms with Crippen LogP contribution >= 0.6 is 0 Å². The van der Waals surface area contributed by atoms with Crippen LogP contribution in [0.1, 0.15) is 11.1 Å². The van der Waals surface area contributed by atoms with Crippen molar-refractivity contribution in [2.75, 3.05) is 0 Å². The number of halogens is 1. The first kappa shape index (κ1) is 16.5. The summed E-state index contributed by atoms with van der Waals surface area (Å²) in [5, 5.41) is 20.9. The normalized spacial score (nSPS) is 11.9. The van der Waals surface area contributed by atoms with Gasteiger partial charge in [-0.05, 0) is 47.0 Å². The number of nitrogens with zero attached hydrogens (tertiary/aromatic N) is 1. The summed E-state index contributed by atoms with van der Waals surface area (Å²) in [6.07, 6.45) is 0.610. The molecule has 0 radical (unpaired) electrons. The Hall–Kier alpha value is -3.66. The Morgan fingerprint density at radius 3 is 2.39 bits per heavy atom. The second-order valence-corrected chi connectivity index (χ2v) is 6.90. The minimum atomic E-state index is -0.341. The van der Waals surface area contributed by atoms with E-state index >= 15 is 0 Å². The minimum absolute atomic E-state index is 0.168. The van der Waals surface area contributed by atoms with Crippen molar-refractivity contribution in [3.05, 3.63) is 89.7 Å². The fourth-order valence-corrected chi connectivity index (χ4v) is 3.89. The smallest absolute Gasteiger partial charge is 0.125 e. The minimum Gasteiger partial charge on any atom is -0.507 e. The van der Waals surface area contributed by atoms with Crippen molar-refractivity contribution in [2.24, 2.45) is 0 Å². The van der Waals surface area contributed by atoms with Gasteiger partial charge in [-0.2, -0.15) is 0 Å². The maximum absolute atomic E-state index is 13.8. The Bertz CT molecular complexity index is 1230. The molecule has 0 fully saturated rings. The van der Waals surface area contributed by atoms with E-state index in [2.05, 4.69) is 0 Å². The zero-order valence-electron chi connectivity index (χ0n) is 14.9. The van der Waals surface area contributed by atoms with Crippen LogP contribution in [0.3, 0.4) is 0 Å². The highest BCUT2D eigenvalue weighted by Crippen LogP contribution is 2.47. The topological polar surface area (TPSA) is 53.4 Å². The molecule has 5 rings (SSSR count). The van der Waals surface area contributed by atoms with Gasteiger partial charge in [-0.3, -0.25) is 0 Å². The van der Waals surface area contributed by atoms with E-state index in [0.29, 0.717) is 34.5 Å². The summed E-state index contributed by atoms with van der Waals surface area (Å²) >= 11 is 0. The molecular formula is C24H16FNO2. The van der Waals surface area contributed by atoms with Gasteiger partial charge in [0.15, 0.2) is 0 Å². The Morgan fingerprint density at radius 2 is 1.57 bits per heavy atom. The second kappa shape index (κ2) is 6.20. The number of aromatic hydroxyl groups is 2. The molecule has 3 nitrogen and oxygen atoms in total. The fraction of sp³-hybridized carbons (Fsp3) is 0.0417. The summed E-state index contributed by atoms with van der Waals surface area (Å²) < 4.78 is 13.8. The van der Waals surface area contributed by atoms with E-state index in [1.165, 1.54) is 12.1 Å². The standard InChI is InChI=1S/C24H16FNO2/c25-16-7-3-5-14(11-16)20-13-18(17-8-1-2-9-21(17)27)19-12-15-6-4-10-22(28)23(15)24(19)26-20/h1-11,13,27-28H,12H2. The molecule has 2 N–H and O–H groups in total. The maximum atomic E-state index is 13.8. The van der Waals surface area contributed by atoms with Gasteiger partial charge in [0.2, 0.25) is 0 Å². The molecule has 0 aliphatic heterocycles. The molecule has 1 aromatic heterocycles. The maximum Gasteiger partial charge on any atom is 0.125 e. The van der Waals surface area contributed by atoms with Gasteiger partial charge in [0.25, 0.3) is 0 Å². The lowest BCUT2D eigenvalue weighted by Gasteiger charge is -2.13. The van der Waals surface area contributed by atoms with Crippen molar-refractivity contribution in [3.8, 4) is 45.1 Å². The van der Waals surface area contributed by atoms with Crippen molar-refractivity contribution in [3.63, 3.8) is 0 Å². The van der Waals surface area contributed by atoms with E-state index in [0.717, 1.165) is 16.7 Å². The predicted molar refractivity (Wildman–Crippen MR) is 107 cm³/mol. The van der Waals surface area contributed by atoms with Gasteiger partial charge in [0.05, 0.1) is 11.4 Å². The summed E-state index contributed by atoms with van der Waals surface area (Å²) in [6, 6.07) is 20.7. The number of rotatable bonds is 2.